The SMILES string of the molecule is CCC1=C(C)C2=C(c3cc(F)ccc3Cl)c3c(C)c(CC)c(C)n3[B-](F)(F)[N+]2=C1C. The fourth-order valence-corrected chi connectivity index (χ4v) is 5.63. The summed E-state index contributed by atoms with van der Waals surface area (Å²) in [5.41, 5.74) is 6.40. The van der Waals surface area contributed by atoms with Crippen molar-refractivity contribution in [2.75, 3.05) is 0 Å². The molecule has 2 aliphatic rings. The lowest BCUT2D eigenvalue weighted by atomic mass is 9.83. The molecule has 3 heterocycles. The molecule has 1 aromatic carbocycles. The highest BCUT2D eigenvalue weighted by Crippen LogP contribution is 2.48. The maximum atomic E-state index is 16.1. The predicted molar refractivity (Wildman–Crippen MR) is 118 cm³/mol. The molecule has 2 aliphatic heterocycles. The molecule has 0 aliphatic carbocycles. The highest BCUT2D eigenvalue weighted by atomic mass is 35.5. The number of benzene rings is 1. The molecule has 2 aromatic rings. The van der Waals surface area contributed by atoms with E-state index in [-0.39, 0.29) is 0 Å². The van der Waals surface area contributed by atoms with Gasteiger partial charge in [-0.15, -0.1) is 0 Å². The summed E-state index contributed by atoms with van der Waals surface area (Å²) in [6.45, 7) is 7.06. The Morgan fingerprint density at radius 3 is 2.33 bits per heavy atom. The largest absolute Gasteiger partial charge is 0.737 e. The van der Waals surface area contributed by atoms with E-state index in [2.05, 4.69) is 0 Å². The van der Waals surface area contributed by atoms with E-state index in [1.54, 1.807) is 13.8 Å². The molecule has 0 spiro atoms. The van der Waals surface area contributed by atoms with Gasteiger partial charge in [0.15, 0.2) is 5.70 Å². The normalized spacial score (nSPS) is 17.8. The first-order valence-electron chi connectivity index (χ1n) is 10.3. The van der Waals surface area contributed by atoms with E-state index in [1.165, 1.54) is 27.2 Å². The van der Waals surface area contributed by atoms with Gasteiger partial charge >= 0.3 is 6.97 Å². The molecule has 4 rings (SSSR count). The van der Waals surface area contributed by atoms with Crippen molar-refractivity contribution in [3.63, 3.8) is 0 Å². The van der Waals surface area contributed by atoms with E-state index in [1.807, 2.05) is 27.7 Å². The third-order valence-corrected chi connectivity index (χ3v) is 7.02. The van der Waals surface area contributed by atoms with Gasteiger partial charge in [0, 0.05) is 34.3 Å². The number of hydrogen-bond donors (Lipinski definition) is 0. The Labute approximate surface area is 180 Å². The summed E-state index contributed by atoms with van der Waals surface area (Å²) < 4.78 is 48.8. The molecule has 0 saturated heterocycles. The summed E-state index contributed by atoms with van der Waals surface area (Å²) in [6, 6.07) is 4.13. The zero-order valence-electron chi connectivity index (χ0n) is 18.1. The maximum Gasteiger partial charge on any atom is 0.737 e. The van der Waals surface area contributed by atoms with Gasteiger partial charge in [-0.1, -0.05) is 25.4 Å². The van der Waals surface area contributed by atoms with Crippen LogP contribution in [0, 0.1) is 19.7 Å². The smallest absolute Gasteiger partial charge is 0.393 e. The van der Waals surface area contributed by atoms with Crippen LogP contribution in [-0.4, -0.2) is 21.6 Å². The van der Waals surface area contributed by atoms with Crippen LogP contribution in [0.4, 0.5) is 13.0 Å². The van der Waals surface area contributed by atoms with Gasteiger partial charge in [-0.25, -0.2) is 4.39 Å². The fraction of sp³-hybridized carbons (Fsp3) is 0.348. The second kappa shape index (κ2) is 6.91. The Morgan fingerprint density at radius 1 is 1.07 bits per heavy atom. The average Bonchev–Trinajstić information content (AvgIpc) is 3.09. The van der Waals surface area contributed by atoms with E-state index in [4.69, 9.17) is 11.6 Å². The van der Waals surface area contributed by atoms with Gasteiger partial charge in [0.25, 0.3) is 0 Å². The molecule has 0 atom stereocenters. The van der Waals surface area contributed by atoms with Crippen LogP contribution in [0.3, 0.4) is 0 Å². The van der Waals surface area contributed by atoms with Crippen molar-refractivity contribution in [2.24, 2.45) is 0 Å². The zero-order chi connectivity index (χ0) is 22.1. The maximum absolute atomic E-state index is 16.1. The summed E-state index contributed by atoms with van der Waals surface area (Å²) in [4.78, 5) is 0. The summed E-state index contributed by atoms with van der Waals surface area (Å²) >= 11 is 6.51. The molecular weight excluding hydrogens is 408 g/mol. The van der Waals surface area contributed by atoms with Crippen molar-refractivity contribution in [2.45, 2.75) is 54.4 Å². The van der Waals surface area contributed by atoms with Crippen LogP contribution in [-0.2, 0) is 6.42 Å². The van der Waals surface area contributed by atoms with Gasteiger partial charge in [-0.2, -0.15) is 0 Å². The summed E-state index contributed by atoms with van der Waals surface area (Å²) in [5.74, 6) is -0.448. The van der Waals surface area contributed by atoms with Crippen molar-refractivity contribution in [1.29, 1.82) is 0 Å². The monoisotopic (exact) mass is 432 g/mol. The average molecular weight is 433 g/mol. The third-order valence-electron chi connectivity index (χ3n) is 6.69. The quantitative estimate of drug-likeness (QED) is 0.479. The van der Waals surface area contributed by atoms with Gasteiger partial charge in [0.2, 0.25) is 0 Å². The molecule has 0 radical (unpaired) electrons. The van der Waals surface area contributed by atoms with Gasteiger partial charge in [0.1, 0.15) is 11.5 Å². The summed E-state index contributed by atoms with van der Waals surface area (Å²) in [5, 5.41) is 0.342. The molecule has 0 saturated carbocycles. The van der Waals surface area contributed by atoms with Crippen LogP contribution < -0.4 is 0 Å². The second-order valence-corrected chi connectivity index (χ2v) is 8.52. The van der Waals surface area contributed by atoms with Gasteiger partial charge in [-0.3, -0.25) is 0 Å². The molecule has 2 nitrogen and oxygen atoms in total. The highest BCUT2D eigenvalue weighted by molar-refractivity contribution is 6.58. The van der Waals surface area contributed by atoms with E-state index in [9.17, 15) is 4.39 Å². The number of nitrogens with zero attached hydrogens (tertiary/aromatic N) is 2. The summed E-state index contributed by atoms with van der Waals surface area (Å²) in [6.07, 6.45) is 1.28. The Morgan fingerprint density at radius 2 is 1.73 bits per heavy atom. The van der Waals surface area contributed by atoms with E-state index < -0.39 is 12.8 Å². The lowest BCUT2D eigenvalue weighted by molar-refractivity contribution is -0.363. The van der Waals surface area contributed by atoms with Gasteiger partial charge in [0.05, 0.1) is 5.57 Å². The van der Waals surface area contributed by atoms with E-state index >= 15 is 8.63 Å². The van der Waals surface area contributed by atoms with Crippen LogP contribution in [0.25, 0.3) is 5.57 Å². The molecule has 0 bridgehead atoms. The summed E-state index contributed by atoms with van der Waals surface area (Å²) in [7, 11) is 0. The zero-order valence-corrected chi connectivity index (χ0v) is 18.9. The Hall–Kier alpha value is -2.21. The Bertz CT molecular complexity index is 1200. The first-order chi connectivity index (χ1) is 14.1. The van der Waals surface area contributed by atoms with Crippen LogP contribution in [0.2, 0.25) is 5.02 Å². The Balaban J connectivity index is 2.27. The molecule has 158 valence electrons. The van der Waals surface area contributed by atoms with Crippen molar-refractivity contribution in [1.82, 2.24) is 4.48 Å². The van der Waals surface area contributed by atoms with Crippen molar-refractivity contribution in [3.8, 4) is 0 Å². The number of aromatic nitrogens is 1. The minimum Gasteiger partial charge on any atom is -0.393 e. The van der Waals surface area contributed by atoms with Crippen molar-refractivity contribution in [3.05, 3.63) is 74.0 Å². The first-order valence-corrected chi connectivity index (χ1v) is 10.7. The van der Waals surface area contributed by atoms with Crippen molar-refractivity contribution < 1.29 is 17.5 Å². The lowest BCUT2D eigenvalue weighted by Gasteiger charge is -2.34. The molecule has 0 amide bonds. The first kappa shape index (κ1) is 21.0. The van der Waals surface area contributed by atoms with Gasteiger partial charge in [-0.05, 0) is 68.6 Å². The molecule has 30 heavy (non-hydrogen) atoms. The van der Waals surface area contributed by atoms with Crippen LogP contribution >= 0.6 is 11.6 Å². The standard InChI is InChI=1S/C23H25BClF3N2/c1-7-17-12(3)22-21(19-11-16(26)9-10-20(19)25)23-13(4)18(8-2)15(6)30(23)24(27,28)29(22)14(17)5/h9-11H,7-8H2,1-6H3. The minimum absolute atomic E-state index is 0.342. The number of fused-ring (bicyclic) bond motifs is 2. The number of halogens is 4. The number of allylic oxidation sites excluding steroid dienone is 2. The Kier molecular flexibility index (Phi) is 4.85. The van der Waals surface area contributed by atoms with E-state index in [0.29, 0.717) is 51.8 Å². The van der Waals surface area contributed by atoms with Crippen molar-refractivity contribution >= 4 is 29.9 Å². The molecule has 0 N–H and O–H groups in total. The molecular formula is C23H25BClF3N2. The van der Waals surface area contributed by atoms with Gasteiger partial charge < -0.3 is 17.6 Å². The highest BCUT2D eigenvalue weighted by Gasteiger charge is 2.56. The molecule has 0 fully saturated rings. The van der Waals surface area contributed by atoms with Crippen LogP contribution in [0.5, 0.6) is 0 Å². The second-order valence-electron chi connectivity index (χ2n) is 8.11. The topological polar surface area (TPSA) is 7.94 Å². The lowest BCUT2D eigenvalue weighted by Crippen LogP contribution is -2.51. The van der Waals surface area contributed by atoms with E-state index in [0.717, 1.165) is 22.3 Å². The van der Waals surface area contributed by atoms with Crippen LogP contribution in [0.15, 0.2) is 35.0 Å². The molecule has 7 heteroatoms. The van der Waals surface area contributed by atoms with Crippen LogP contribution in [0.1, 0.15) is 62.2 Å². The molecule has 0 unspecified atom stereocenters. The fourth-order valence-electron chi connectivity index (χ4n) is 5.42. The minimum atomic E-state index is -4.10. The number of rotatable bonds is 3. The third kappa shape index (κ3) is 2.55. The number of hydrogen-bond acceptors (Lipinski definition) is 0. The molecule has 1 aromatic heterocycles. The predicted octanol–water partition coefficient (Wildman–Crippen LogP) is 6.67.